The van der Waals surface area contributed by atoms with Crippen LogP contribution in [0.4, 0.5) is 0 Å². The molecule has 0 bridgehead atoms. The second-order valence-electron chi connectivity index (χ2n) is 6.00. The van der Waals surface area contributed by atoms with Crippen molar-refractivity contribution in [2.24, 2.45) is 5.73 Å². The molecule has 1 aliphatic rings. The Labute approximate surface area is 118 Å². The quantitative estimate of drug-likeness (QED) is 0.851. The van der Waals surface area contributed by atoms with Gasteiger partial charge in [-0.1, -0.05) is 49.6 Å². The summed E-state index contributed by atoms with van der Waals surface area (Å²) < 4.78 is 0. The number of hydrogen-bond donors (Lipinski definition) is 1. The lowest BCUT2D eigenvalue weighted by atomic mass is 9.80. The topological polar surface area (TPSA) is 29.3 Å². The van der Waals surface area contributed by atoms with E-state index in [2.05, 4.69) is 42.3 Å². The van der Waals surface area contributed by atoms with E-state index < -0.39 is 0 Å². The summed E-state index contributed by atoms with van der Waals surface area (Å²) in [6.07, 6.45) is 9.05. The Morgan fingerprint density at radius 2 is 1.79 bits per heavy atom. The first kappa shape index (κ1) is 14.5. The van der Waals surface area contributed by atoms with Crippen molar-refractivity contribution < 1.29 is 0 Å². The van der Waals surface area contributed by atoms with Crippen molar-refractivity contribution in [1.82, 2.24) is 4.90 Å². The third kappa shape index (κ3) is 3.80. The zero-order chi connectivity index (χ0) is 13.6. The average Bonchev–Trinajstić information content (AvgIpc) is 2.49. The predicted octanol–water partition coefficient (Wildman–Crippen LogP) is 3.21. The van der Waals surface area contributed by atoms with Crippen LogP contribution in [0.15, 0.2) is 30.3 Å². The molecule has 1 aromatic carbocycles. The lowest BCUT2D eigenvalue weighted by Gasteiger charge is -2.44. The van der Waals surface area contributed by atoms with Gasteiger partial charge in [0.15, 0.2) is 0 Å². The smallest absolute Gasteiger partial charge is 0.0328 e. The first-order chi connectivity index (χ1) is 9.27. The van der Waals surface area contributed by atoms with Crippen LogP contribution in [-0.2, 0) is 6.42 Å². The fourth-order valence-electron chi connectivity index (χ4n) is 3.35. The lowest BCUT2D eigenvalue weighted by Crippen LogP contribution is -2.53. The van der Waals surface area contributed by atoms with Crippen LogP contribution >= 0.6 is 0 Å². The van der Waals surface area contributed by atoms with Gasteiger partial charge in [-0.2, -0.15) is 0 Å². The molecule has 106 valence electrons. The third-order valence-electron chi connectivity index (χ3n) is 4.78. The van der Waals surface area contributed by atoms with Crippen molar-refractivity contribution in [2.45, 2.75) is 50.5 Å². The number of nitrogens with two attached hydrogens (primary N) is 1. The first-order valence-corrected chi connectivity index (χ1v) is 7.72. The lowest BCUT2D eigenvalue weighted by molar-refractivity contribution is 0.0817. The highest BCUT2D eigenvalue weighted by atomic mass is 15.2. The van der Waals surface area contributed by atoms with Gasteiger partial charge in [0.2, 0.25) is 0 Å². The van der Waals surface area contributed by atoms with Gasteiger partial charge in [-0.25, -0.2) is 0 Å². The molecule has 1 aliphatic carbocycles. The molecule has 2 heteroatoms. The molecule has 0 saturated heterocycles. The standard InChI is InChI=1S/C17H28N2/c1-19(17(15-18)12-6-3-7-13-17)14-8-11-16-9-4-2-5-10-16/h2,4-5,9-10H,3,6-8,11-15,18H2,1H3. The van der Waals surface area contributed by atoms with Gasteiger partial charge in [-0.15, -0.1) is 0 Å². The molecule has 1 saturated carbocycles. The van der Waals surface area contributed by atoms with Crippen LogP contribution in [0.1, 0.15) is 44.1 Å². The summed E-state index contributed by atoms with van der Waals surface area (Å²) in [5.74, 6) is 0. The molecule has 0 spiro atoms. The van der Waals surface area contributed by atoms with Crippen LogP contribution in [-0.4, -0.2) is 30.6 Å². The van der Waals surface area contributed by atoms with Gasteiger partial charge >= 0.3 is 0 Å². The summed E-state index contributed by atoms with van der Waals surface area (Å²) >= 11 is 0. The minimum absolute atomic E-state index is 0.287. The summed E-state index contributed by atoms with van der Waals surface area (Å²) in [5.41, 5.74) is 7.81. The van der Waals surface area contributed by atoms with E-state index in [-0.39, 0.29) is 5.54 Å². The monoisotopic (exact) mass is 260 g/mol. The molecule has 2 N–H and O–H groups in total. The Hall–Kier alpha value is -0.860. The fraction of sp³-hybridized carbons (Fsp3) is 0.647. The van der Waals surface area contributed by atoms with Crippen molar-refractivity contribution in [2.75, 3.05) is 20.1 Å². The number of likely N-dealkylation sites (N-methyl/N-ethyl adjacent to an activating group) is 1. The Bertz CT molecular complexity index is 355. The number of aryl methyl sites for hydroxylation is 1. The Morgan fingerprint density at radius 3 is 2.42 bits per heavy atom. The molecule has 0 heterocycles. The molecule has 2 nitrogen and oxygen atoms in total. The Morgan fingerprint density at radius 1 is 1.11 bits per heavy atom. The molecule has 0 unspecified atom stereocenters. The molecule has 1 fully saturated rings. The molecule has 1 aromatic rings. The highest BCUT2D eigenvalue weighted by molar-refractivity contribution is 5.14. The van der Waals surface area contributed by atoms with E-state index in [9.17, 15) is 0 Å². The van der Waals surface area contributed by atoms with Crippen molar-refractivity contribution in [3.05, 3.63) is 35.9 Å². The van der Waals surface area contributed by atoms with Gasteiger partial charge in [-0.05, 0) is 44.8 Å². The van der Waals surface area contributed by atoms with E-state index in [0.29, 0.717) is 0 Å². The normalized spacial score (nSPS) is 18.7. The maximum atomic E-state index is 6.08. The molecule has 19 heavy (non-hydrogen) atoms. The van der Waals surface area contributed by atoms with E-state index in [4.69, 9.17) is 5.73 Å². The molecule has 0 aliphatic heterocycles. The second kappa shape index (κ2) is 7.06. The van der Waals surface area contributed by atoms with Gasteiger partial charge < -0.3 is 5.73 Å². The molecule has 0 atom stereocenters. The van der Waals surface area contributed by atoms with Crippen LogP contribution in [0.25, 0.3) is 0 Å². The summed E-state index contributed by atoms with van der Waals surface area (Å²) in [6.45, 7) is 1.97. The van der Waals surface area contributed by atoms with Gasteiger partial charge in [-0.3, -0.25) is 4.90 Å². The molecule has 0 radical (unpaired) electrons. The second-order valence-corrected chi connectivity index (χ2v) is 6.00. The van der Waals surface area contributed by atoms with Crippen LogP contribution in [0, 0.1) is 0 Å². The van der Waals surface area contributed by atoms with E-state index in [1.807, 2.05) is 0 Å². The number of hydrogen-bond acceptors (Lipinski definition) is 2. The van der Waals surface area contributed by atoms with Crippen molar-refractivity contribution >= 4 is 0 Å². The highest BCUT2D eigenvalue weighted by Gasteiger charge is 2.34. The van der Waals surface area contributed by atoms with Gasteiger partial charge in [0, 0.05) is 12.1 Å². The Balaban J connectivity index is 1.81. The first-order valence-electron chi connectivity index (χ1n) is 7.72. The van der Waals surface area contributed by atoms with Gasteiger partial charge in [0.05, 0.1) is 0 Å². The SMILES string of the molecule is CN(CCCc1ccccc1)C1(CN)CCCCC1. The minimum atomic E-state index is 0.287. The van der Waals surface area contributed by atoms with Gasteiger partial charge in [0.25, 0.3) is 0 Å². The van der Waals surface area contributed by atoms with E-state index in [0.717, 1.165) is 13.1 Å². The van der Waals surface area contributed by atoms with Crippen LogP contribution in [0.5, 0.6) is 0 Å². The third-order valence-corrected chi connectivity index (χ3v) is 4.78. The van der Waals surface area contributed by atoms with Crippen LogP contribution < -0.4 is 5.73 Å². The minimum Gasteiger partial charge on any atom is -0.329 e. The molecule has 0 amide bonds. The van der Waals surface area contributed by atoms with Gasteiger partial charge in [0.1, 0.15) is 0 Å². The summed E-state index contributed by atoms with van der Waals surface area (Å²) in [6, 6.07) is 10.8. The largest absolute Gasteiger partial charge is 0.329 e. The van der Waals surface area contributed by atoms with Crippen LogP contribution in [0.3, 0.4) is 0 Å². The molecule has 2 rings (SSSR count). The zero-order valence-electron chi connectivity index (χ0n) is 12.3. The maximum Gasteiger partial charge on any atom is 0.0328 e. The highest BCUT2D eigenvalue weighted by Crippen LogP contribution is 2.32. The summed E-state index contributed by atoms with van der Waals surface area (Å²) in [5, 5.41) is 0. The zero-order valence-corrected chi connectivity index (χ0v) is 12.3. The van der Waals surface area contributed by atoms with Crippen LogP contribution in [0.2, 0.25) is 0 Å². The number of benzene rings is 1. The fourth-order valence-corrected chi connectivity index (χ4v) is 3.35. The van der Waals surface area contributed by atoms with Crippen molar-refractivity contribution in [1.29, 1.82) is 0 Å². The van der Waals surface area contributed by atoms with E-state index in [1.165, 1.54) is 50.5 Å². The summed E-state index contributed by atoms with van der Waals surface area (Å²) in [7, 11) is 2.27. The van der Waals surface area contributed by atoms with Crippen molar-refractivity contribution in [3.63, 3.8) is 0 Å². The predicted molar refractivity (Wildman–Crippen MR) is 82.3 cm³/mol. The number of rotatable bonds is 6. The average molecular weight is 260 g/mol. The Kier molecular flexibility index (Phi) is 5.41. The molecule has 0 aromatic heterocycles. The molecular formula is C17H28N2. The van der Waals surface area contributed by atoms with E-state index >= 15 is 0 Å². The maximum absolute atomic E-state index is 6.08. The van der Waals surface area contributed by atoms with E-state index in [1.54, 1.807) is 0 Å². The summed E-state index contributed by atoms with van der Waals surface area (Å²) in [4.78, 5) is 2.54. The molecular weight excluding hydrogens is 232 g/mol. The number of nitrogens with zero attached hydrogens (tertiary/aromatic N) is 1. The van der Waals surface area contributed by atoms with Crippen molar-refractivity contribution in [3.8, 4) is 0 Å².